The van der Waals surface area contributed by atoms with E-state index in [-0.39, 0.29) is 18.1 Å². The molecule has 0 aliphatic heterocycles. The summed E-state index contributed by atoms with van der Waals surface area (Å²) in [6.07, 6.45) is 1.29. The lowest BCUT2D eigenvalue weighted by Crippen LogP contribution is -2.49. The molecule has 0 aliphatic carbocycles. The fraction of sp³-hybridized carbons (Fsp3) is 0.583. The standard InChI is InChI=1S/C12H19N3O5/c1-3-20-10(19)9-4-13-11(14-8(9)2)15-12(5-16,6-17)7-18/h4,16-18H,3,5-7H2,1-2H3,(H,13,14,15). The van der Waals surface area contributed by atoms with E-state index in [2.05, 4.69) is 15.3 Å². The maximum atomic E-state index is 11.6. The van der Waals surface area contributed by atoms with E-state index >= 15 is 0 Å². The number of hydrogen-bond acceptors (Lipinski definition) is 8. The second kappa shape index (κ2) is 7.13. The van der Waals surface area contributed by atoms with Crippen molar-refractivity contribution in [3.63, 3.8) is 0 Å². The summed E-state index contributed by atoms with van der Waals surface area (Å²) in [7, 11) is 0. The third-order valence-corrected chi connectivity index (χ3v) is 2.76. The molecule has 1 aromatic heterocycles. The number of rotatable bonds is 7. The van der Waals surface area contributed by atoms with Gasteiger partial charge in [0.1, 0.15) is 5.54 Å². The van der Waals surface area contributed by atoms with Gasteiger partial charge in [-0.1, -0.05) is 0 Å². The highest BCUT2D eigenvalue weighted by molar-refractivity contribution is 5.90. The zero-order chi connectivity index (χ0) is 15.2. The normalized spacial score (nSPS) is 11.2. The van der Waals surface area contributed by atoms with Gasteiger partial charge in [0.15, 0.2) is 0 Å². The van der Waals surface area contributed by atoms with Gasteiger partial charge in [0.05, 0.1) is 37.7 Å². The van der Waals surface area contributed by atoms with Crippen molar-refractivity contribution in [2.45, 2.75) is 19.4 Å². The van der Waals surface area contributed by atoms with Gasteiger partial charge in [0.25, 0.3) is 0 Å². The maximum absolute atomic E-state index is 11.6. The first-order chi connectivity index (χ1) is 9.51. The van der Waals surface area contributed by atoms with Crippen LogP contribution in [0.1, 0.15) is 23.0 Å². The van der Waals surface area contributed by atoms with Crippen LogP contribution in [0.2, 0.25) is 0 Å². The van der Waals surface area contributed by atoms with E-state index in [0.717, 1.165) is 0 Å². The lowest BCUT2D eigenvalue weighted by Gasteiger charge is -2.28. The zero-order valence-electron chi connectivity index (χ0n) is 11.5. The number of nitrogens with one attached hydrogen (secondary N) is 1. The molecule has 0 saturated carbocycles. The first-order valence-corrected chi connectivity index (χ1v) is 6.13. The Labute approximate surface area is 116 Å². The van der Waals surface area contributed by atoms with Crippen LogP contribution < -0.4 is 5.32 Å². The summed E-state index contributed by atoms with van der Waals surface area (Å²) in [5.41, 5.74) is -0.693. The fourth-order valence-corrected chi connectivity index (χ4v) is 1.44. The van der Waals surface area contributed by atoms with Crippen LogP contribution in [0.25, 0.3) is 0 Å². The number of aryl methyl sites for hydroxylation is 1. The van der Waals surface area contributed by atoms with Crippen molar-refractivity contribution < 1.29 is 24.9 Å². The number of anilines is 1. The molecule has 8 heteroatoms. The molecule has 0 aliphatic rings. The Morgan fingerprint density at radius 1 is 1.35 bits per heavy atom. The Bertz CT molecular complexity index is 454. The summed E-state index contributed by atoms with van der Waals surface area (Å²) in [4.78, 5) is 19.6. The minimum absolute atomic E-state index is 0.0905. The molecule has 4 N–H and O–H groups in total. The molecular weight excluding hydrogens is 266 g/mol. The van der Waals surface area contributed by atoms with Gasteiger partial charge in [-0.15, -0.1) is 0 Å². The van der Waals surface area contributed by atoms with Crippen LogP contribution in [0.5, 0.6) is 0 Å². The molecule has 0 bridgehead atoms. The number of nitrogens with zero attached hydrogens (tertiary/aromatic N) is 2. The van der Waals surface area contributed by atoms with E-state index in [1.165, 1.54) is 6.20 Å². The fourth-order valence-electron chi connectivity index (χ4n) is 1.44. The number of aliphatic hydroxyl groups excluding tert-OH is 3. The van der Waals surface area contributed by atoms with E-state index in [1.54, 1.807) is 13.8 Å². The Hall–Kier alpha value is -1.77. The third kappa shape index (κ3) is 3.62. The van der Waals surface area contributed by atoms with Crippen LogP contribution in [0.4, 0.5) is 5.95 Å². The van der Waals surface area contributed by atoms with Crippen LogP contribution in [-0.2, 0) is 4.74 Å². The molecule has 1 heterocycles. The Morgan fingerprint density at radius 3 is 2.40 bits per heavy atom. The van der Waals surface area contributed by atoms with Crippen LogP contribution in [-0.4, -0.2) is 63.2 Å². The number of esters is 1. The van der Waals surface area contributed by atoms with Gasteiger partial charge in [-0.05, 0) is 13.8 Å². The van der Waals surface area contributed by atoms with Gasteiger partial charge in [0.2, 0.25) is 5.95 Å². The largest absolute Gasteiger partial charge is 0.462 e. The van der Waals surface area contributed by atoms with E-state index in [1.807, 2.05) is 0 Å². The van der Waals surface area contributed by atoms with E-state index < -0.39 is 31.3 Å². The van der Waals surface area contributed by atoms with Crippen LogP contribution >= 0.6 is 0 Å². The molecule has 0 aromatic carbocycles. The topological polar surface area (TPSA) is 125 Å². The lowest BCUT2D eigenvalue weighted by atomic mass is 10.0. The number of ether oxygens (including phenoxy) is 1. The van der Waals surface area contributed by atoms with Crippen LogP contribution in [0, 0.1) is 6.92 Å². The van der Waals surface area contributed by atoms with Crippen LogP contribution in [0.3, 0.4) is 0 Å². The molecule has 0 radical (unpaired) electrons. The van der Waals surface area contributed by atoms with Crippen molar-refractivity contribution in [1.29, 1.82) is 0 Å². The molecule has 0 fully saturated rings. The highest BCUT2D eigenvalue weighted by atomic mass is 16.5. The summed E-state index contributed by atoms with van der Waals surface area (Å²) in [5.74, 6) is -0.429. The summed E-state index contributed by atoms with van der Waals surface area (Å²) in [6.45, 7) is 2.06. The maximum Gasteiger partial charge on any atom is 0.341 e. The Kier molecular flexibility index (Phi) is 5.81. The minimum Gasteiger partial charge on any atom is -0.462 e. The third-order valence-electron chi connectivity index (χ3n) is 2.76. The van der Waals surface area contributed by atoms with E-state index in [9.17, 15) is 20.1 Å². The predicted molar refractivity (Wildman–Crippen MR) is 70.3 cm³/mol. The average molecular weight is 285 g/mol. The summed E-state index contributed by atoms with van der Waals surface area (Å²) in [6, 6.07) is 0. The van der Waals surface area contributed by atoms with Crippen molar-refractivity contribution in [3.05, 3.63) is 17.5 Å². The minimum atomic E-state index is -1.32. The summed E-state index contributed by atoms with van der Waals surface area (Å²) < 4.78 is 4.85. The van der Waals surface area contributed by atoms with Gasteiger partial charge < -0.3 is 25.4 Å². The smallest absolute Gasteiger partial charge is 0.341 e. The molecule has 0 unspecified atom stereocenters. The first kappa shape index (κ1) is 16.3. The van der Waals surface area contributed by atoms with E-state index in [0.29, 0.717) is 5.69 Å². The highest BCUT2D eigenvalue weighted by Gasteiger charge is 2.29. The average Bonchev–Trinajstić information content (AvgIpc) is 2.45. The van der Waals surface area contributed by atoms with Crippen molar-refractivity contribution in [1.82, 2.24) is 9.97 Å². The van der Waals surface area contributed by atoms with E-state index in [4.69, 9.17) is 4.74 Å². The van der Waals surface area contributed by atoms with Gasteiger partial charge in [-0.2, -0.15) is 0 Å². The van der Waals surface area contributed by atoms with Gasteiger partial charge in [-0.3, -0.25) is 0 Å². The second-order valence-electron chi connectivity index (χ2n) is 4.29. The highest BCUT2D eigenvalue weighted by Crippen LogP contribution is 2.13. The number of carbonyl (C=O) groups is 1. The number of hydrogen-bond donors (Lipinski definition) is 4. The summed E-state index contributed by atoms with van der Waals surface area (Å²) in [5, 5.41) is 30.3. The molecule has 8 nitrogen and oxygen atoms in total. The molecule has 20 heavy (non-hydrogen) atoms. The van der Waals surface area contributed by atoms with Crippen molar-refractivity contribution >= 4 is 11.9 Å². The van der Waals surface area contributed by atoms with Gasteiger partial charge in [0, 0.05) is 6.20 Å². The molecule has 0 saturated heterocycles. The summed E-state index contributed by atoms with van der Waals surface area (Å²) >= 11 is 0. The quantitative estimate of drug-likeness (QED) is 0.474. The van der Waals surface area contributed by atoms with Crippen molar-refractivity contribution in [3.8, 4) is 0 Å². The Balaban J connectivity index is 2.95. The molecule has 112 valence electrons. The number of aromatic nitrogens is 2. The number of aliphatic hydroxyl groups is 3. The predicted octanol–water partition coefficient (Wildman–Crippen LogP) is -0.911. The first-order valence-electron chi connectivity index (χ1n) is 6.13. The zero-order valence-corrected chi connectivity index (χ0v) is 11.5. The van der Waals surface area contributed by atoms with Crippen molar-refractivity contribution in [2.75, 3.05) is 31.7 Å². The van der Waals surface area contributed by atoms with Crippen molar-refractivity contribution in [2.24, 2.45) is 0 Å². The van der Waals surface area contributed by atoms with Crippen LogP contribution in [0.15, 0.2) is 6.20 Å². The lowest BCUT2D eigenvalue weighted by molar-refractivity contribution is 0.0524. The molecular formula is C12H19N3O5. The number of carbonyl (C=O) groups excluding carboxylic acids is 1. The molecule has 0 spiro atoms. The van der Waals surface area contributed by atoms with Gasteiger partial charge in [-0.25, -0.2) is 14.8 Å². The Morgan fingerprint density at radius 2 is 1.95 bits per heavy atom. The molecule has 0 amide bonds. The second-order valence-corrected chi connectivity index (χ2v) is 4.29. The molecule has 0 atom stereocenters. The SMILES string of the molecule is CCOC(=O)c1cnc(NC(CO)(CO)CO)nc1C. The molecule has 1 aromatic rings. The van der Waals surface area contributed by atoms with Gasteiger partial charge >= 0.3 is 5.97 Å². The monoisotopic (exact) mass is 285 g/mol. The molecule has 1 rings (SSSR count).